The van der Waals surface area contributed by atoms with Gasteiger partial charge in [-0.15, -0.1) is 0 Å². The normalized spacial score (nSPS) is 49.7. The van der Waals surface area contributed by atoms with E-state index >= 15 is 0 Å². The Hall–Kier alpha value is -0.730. The van der Waals surface area contributed by atoms with Crippen LogP contribution in [0.4, 0.5) is 4.79 Å². The van der Waals surface area contributed by atoms with Crippen LogP contribution in [0.3, 0.4) is 0 Å². The van der Waals surface area contributed by atoms with Crippen LogP contribution >= 0.6 is 0 Å². The molecule has 2 unspecified atom stereocenters. The maximum Gasteiger partial charge on any atom is 0.317 e. The van der Waals surface area contributed by atoms with Crippen molar-refractivity contribution >= 4 is 6.03 Å². The van der Waals surface area contributed by atoms with Gasteiger partial charge < -0.3 is 10.2 Å². The lowest BCUT2D eigenvalue weighted by Crippen LogP contribution is -2.66. The molecule has 4 aliphatic carbocycles. The highest BCUT2D eigenvalue weighted by atomic mass is 16.2. The van der Waals surface area contributed by atoms with Crippen LogP contribution in [0.15, 0.2) is 0 Å². The zero-order valence-corrected chi connectivity index (χ0v) is 13.0. The predicted molar refractivity (Wildman–Crippen MR) is 79.5 cm³/mol. The van der Waals surface area contributed by atoms with Gasteiger partial charge in [-0.3, -0.25) is 0 Å². The number of nitrogens with one attached hydrogen (secondary N) is 1. The van der Waals surface area contributed by atoms with Crippen molar-refractivity contribution in [1.29, 1.82) is 0 Å². The van der Waals surface area contributed by atoms with Crippen LogP contribution < -0.4 is 5.32 Å². The molecule has 1 N–H and O–H groups in total. The number of rotatable bonds is 1. The van der Waals surface area contributed by atoms with Crippen LogP contribution in [0, 0.1) is 16.7 Å². The van der Waals surface area contributed by atoms with E-state index in [9.17, 15) is 4.79 Å². The van der Waals surface area contributed by atoms with Gasteiger partial charge in [-0.2, -0.15) is 0 Å². The van der Waals surface area contributed by atoms with E-state index in [4.69, 9.17) is 0 Å². The Morgan fingerprint density at radius 3 is 2.15 bits per heavy atom. The van der Waals surface area contributed by atoms with E-state index in [2.05, 4.69) is 19.2 Å². The molecule has 1 saturated heterocycles. The Bertz CT molecular complexity index is 422. The summed E-state index contributed by atoms with van der Waals surface area (Å²) in [6.45, 7) is 6.85. The summed E-state index contributed by atoms with van der Waals surface area (Å²) in [4.78, 5) is 14.6. The summed E-state index contributed by atoms with van der Waals surface area (Å²) >= 11 is 0. The molecule has 2 amide bonds. The first-order valence-corrected chi connectivity index (χ1v) is 8.47. The number of hydrogen-bond donors (Lipinski definition) is 1. The minimum Gasteiger partial charge on any atom is -0.333 e. The van der Waals surface area contributed by atoms with Crippen molar-refractivity contribution in [3.05, 3.63) is 0 Å². The van der Waals surface area contributed by atoms with Gasteiger partial charge in [-0.1, -0.05) is 13.8 Å². The zero-order chi connectivity index (χ0) is 14.0. The molecule has 0 radical (unpaired) electrons. The summed E-state index contributed by atoms with van der Waals surface area (Å²) in [5.41, 5.74) is 1.07. The fourth-order valence-corrected chi connectivity index (χ4v) is 6.81. The fourth-order valence-electron chi connectivity index (χ4n) is 6.81. The van der Waals surface area contributed by atoms with E-state index in [1.165, 1.54) is 51.4 Å². The van der Waals surface area contributed by atoms with Gasteiger partial charge in [-0.25, -0.2) is 4.79 Å². The van der Waals surface area contributed by atoms with Crippen LogP contribution in [-0.4, -0.2) is 29.6 Å². The molecule has 5 fully saturated rings. The fraction of sp³-hybridized carbons (Fsp3) is 0.941. The number of hydrogen-bond acceptors (Lipinski definition) is 1. The number of nitrogens with zero attached hydrogens (tertiary/aromatic N) is 1. The van der Waals surface area contributed by atoms with Crippen molar-refractivity contribution < 1.29 is 4.79 Å². The Morgan fingerprint density at radius 1 is 1.00 bits per heavy atom. The molecular formula is C17H28N2O. The van der Waals surface area contributed by atoms with Gasteiger partial charge in [0.15, 0.2) is 0 Å². The van der Waals surface area contributed by atoms with Gasteiger partial charge in [0.2, 0.25) is 0 Å². The number of urea groups is 1. The van der Waals surface area contributed by atoms with Crippen molar-refractivity contribution in [2.24, 2.45) is 16.7 Å². The molecule has 4 bridgehead atoms. The summed E-state index contributed by atoms with van der Waals surface area (Å²) in [7, 11) is 0. The Morgan fingerprint density at radius 2 is 1.60 bits per heavy atom. The van der Waals surface area contributed by atoms with Gasteiger partial charge in [0.05, 0.1) is 0 Å². The number of carbonyl (C=O) groups excluding carboxylic acids is 1. The van der Waals surface area contributed by atoms with Crippen molar-refractivity contribution in [3.8, 4) is 0 Å². The summed E-state index contributed by atoms with van der Waals surface area (Å²) in [6.07, 6.45) is 10.2. The van der Waals surface area contributed by atoms with Gasteiger partial charge in [-0.05, 0) is 68.1 Å². The molecule has 1 aliphatic heterocycles. The van der Waals surface area contributed by atoms with Crippen LogP contribution in [-0.2, 0) is 0 Å². The van der Waals surface area contributed by atoms with Crippen molar-refractivity contribution in [1.82, 2.24) is 10.2 Å². The summed E-state index contributed by atoms with van der Waals surface area (Å²) < 4.78 is 0. The second kappa shape index (κ2) is 3.92. The topological polar surface area (TPSA) is 32.3 Å². The van der Waals surface area contributed by atoms with Crippen LogP contribution in [0.25, 0.3) is 0 Å². The monoisotopic (exact) mass is 276 g/mol. The zero-order valence-electron chi connectivity index (χ0n) is 13.0. The first-order valence-electron chi connectivity index (χ1n) is 8.47. The van der Waals surface area contributed by atoms with Crippen LogP contribution in [0.5, 0.6) is 0 Å². The third-order valence-electron chi connectivity index (χ3n) is 6.39. The molecule has 3 nitrogen and oxygen atoms in total. The highest BCUT2D eigenvalue weighted by Gasteiger charge is 2.60. The van der Waals surface area contributed by atoms with Crippen LogP contribution in [0.2, 0.25) is 0 Å². The molecule has 1 heterocycles. The van der Waals surface area contributed by atoms with Gasteiger partial charge >= 0.3 is 6.03 Å². The standard InChI is InChI=1S/C17H28N2O/c1-15-7-13-8-16(2,10-15)12-17(9-13,11-15)18-14(20)19-5-3-4-6-19/h13H,3-12H2,1-2H3,(H,18,20). The average molecular weight is 276 g/mol. The maximum atomic E-state index is 12.6. The molecule has 2 atom stereocenters. The first-order chi connectivity index (χ1) is 9.40. The molecular weight excluding hydrogens is 248 g/mol. The molecule has 20 heavy (non-hydrogen) atoms. The number of amides is 2. The lowest BCUT2D eigenvalue weighted by Gasteiger charge is -2.65. The van der Waals surface area contributed by atoms with E-state index < -0.39 is 0 Å². The highest BCUT2D eigenvalue weighted by Crippen LogP contribution is 2.66. The third kappa shape index (κ3) is 1.96. The molecule has 0 spiro atoms. The lowest BCUT2D eigenvalue weighted by atomic mass is 9.43. The number of carbonyl (C=O) groups is 1. The molecule has 3 heteroatoms. The second-order valence-electron chi connectivity index (χ2n) is 9.03. The quantitative estimate of drug-likeness (QED) is 0.780. The minimum absolute atomic E-state index is 0.114. The molecule has 112 valence electrons. The molecule has 4 saturated carbocycles. The Labute approximate surface area is 122 Å². The minimum atomic E-state index is 0.114. The van der Waals surface area contributed by atoms with Crippen molar-refractivity contribution in [2.75, 3.05) is 13.1 Å². The smallest absolute Gasteiger partial charge is 0.317 e. The number of likely N-dealkylation sites (tertiary alicyclic amines) is 1. The molecule has 5 aliphatic rings. The Balaban J connectivity index is 1.56. The second-order valence-corrected chi connectivity index (χ2v) is 9.03. The van der Waals surface area contributed by atoms with Crippen LogP contribution in [0.1, 0.15) is 65.2 Å². The SMILES string of the molecule is CC12CC3CC(C)(C1)CC(NC(=O)N1CCCC1)(C3)C2. The summed E-state index contributed by atoms with van der Waals surface area (Å²) in [5.74, 6) is 0.847. The summed E-state index contributed by atoms with van der Waals surface area (Å²) in [5, 5.41) is 3.50. The van der Waals surface area contributed by atoms with Crippen molar-refractivity contribution in [3.63, 3.8) is 0 Å². The largest absolute Gasteiger partial charge is 0.333 e. The molecule has 5 rings (SSSR count). The molecule has 0 aromatic carbocycles. The first kappa shape index (κ1) is 13.0. The average Bonchev–Trinajstić information content (AvgIpc) is 2.75. The van der Waals surface area contributed by atoms with E-state index in [-0.39, 0.29) is 11.6 Å². The van der Waals surface area contributed by atoms with E-state index in [1.807, 2.05) is 4.90 Å². The van der Waals surface area contributed by atoms with Gasteiger partial charge in [0.25, 0.3) is 0 Å². The third-order valence-corrected chi connectivity index (χ3v) is 6.39. The predicted octanol–water partition coefficient (Wildman–Crippen LogP) is 3.54. The molecule has 0 aromatic rings. The van der Waals surface area contributed by atoms with Gasteiger partial charge in [0.1, 0.15) is 0 Å². The van der Waals surface area contributed by atoms with E-state index in [0.717, 1.165) is 19.0 Å². The maximum absolute atomic E-state index is 12.6. The lowest BCUT2D eigenvalue weighted by molar-refractivity contribution is -0.114. The van der Waals surface area contributed by atoms with Gasteiger partial charge in [0, 0.05) is 18.6 Å². The van der Waals surface area contributed by atoms with Crippen molar-refractivity contribution in [2.45, 2.75) is 70.8 Å². The highest BCUT2D eigenvalue weighted by molar-refractivity contribution is 5.75. The molecule has 0 aromatic heterocycles. The summed E-state index contributed by atoms with van der Waals surface area (Å²) in [6, 6.07) is 0.219. The van der Waals surface area contributed by atoms with E-state index in [0.29, 0.717) is 10.8 Å². The van der Waals surface area contributed by atoms with E-state index in [1.54, 1.807) is 0 Å². The Kier molecular flexibility index (Phi) is 2.54.